The van der Waals surface area contributed by atoms with Gasteiger partial charge in [-0.15, -0.1) is 0 Å². The SMILES string of the molecule is COC(=O)c1c(C)[nH]c(C(=O)[C@H](C)OC(=O)COc2ccc(OC)cc2)c1C. The first-order chi connectivity index (χ1) is 13.3. The van der Waals surface area contributed by atoms with Crippen molar-refractivity contribution in [3.05, 3.63) is 46.8 Å². The molecule has 0 aliphatic carbocycles. The van der Waals surface area contributed by atoms with Crippen LogP contribution in [-0.2, 0) is 14.3 Å². The van der Waals surface area contributed by atoms with Gasteiger partial charge in [0, 0.05) is 5.69 Å². The Bertz CT molecular complexity index is 867. The normalized spacial score (nSPS) is 11.5. The highest BCUT2D eigenvalue weighted by molar-refractivity contribution is 6.03. The van der Waals surface area contributed by atoms with Gasteiger partial charge < -0.3 is 23.9 Å². The van der Waals surface area contributed by atoms with Crippen LogP contribution >= 0.6 is 0 Å². The van der Waals surface area contributed by atoms with Crippen molar-refractivity contribution >= 4 is 17.7 Å². The number of aryl methyl sites for hydroxylation is 1. The molecule has 0 saturated heterocycles. The summed E-state index contributed by atoms with van der Waals surface area (Å²) in [5.74, 6) is -0.547. The van der Waals surface area contributed by atoms with Crippen LogP contribution in [-0.4, -0.2) is 49.6 Å². The number of benzene rings is 1. The fourth-order valence-corrected chi connectivity index (χ4v) is 2.71. The first kappa shape index (κ1) is 21.0. The van der Waals surface area contributed by atoms with E-state index in [4.69, 9.17) is 18.9 Å². The van der Waals surface area contributed by atoms with E-state index in [9.17, 15) is 14.4 Å². The van der Waals surface area contributed by atoms with Crippen molar-refractivity contribution in [1.29, 1.82) is 0 Å². The average Bonchev–Trinajstić information content (AvgIpc) is 2.99. The molecule has 0 amide bonds. The maximum atomic E-state index is 12.6. The summed E-state index contributed by atoms with van der Waals surface area (Å²) in [6, 6.07) is 6.70. The average molecular weight is 389 g/mol. The van der Waals surface area contributed by atoms with Crippen LogP contribution in [0.2, 0.25) is 0 Å². The number of carbonyl (C=O) groups excluding carboxylic acids is 3. The summed E-state index contributed by atoms with van der Waals surface area (Å²) in [7, 11) is 2.82. The molecule has 1 N–H and O–H groups in total. The zero-order valence-electron chi connectivity index (χ0n) is 16.5. The largest absolute Gasteiger partial charge is 0.497 e. The Labute approximate surface area is 162 Å². The Morgan fingerprint density at radius 1 is 1.04 bits per heavy atom. The predicted molar refractivity (Wildman–Crippen MR) is 100.0 cm³/mol. The topological polar surface area (TPSA) is 104 Å². The van der Waals surface area contributed by atoms with E-state index in [2.05, 4.69) is 4.98 Å². The van der Waals surface area contributed by atoms with E-state index in [1.165, 1.54) is 14.0 Å². The minimum absolute atomic E-state index is 0.203. The molecule has 1 aromatic heterocycles. The van der Waals surface area contributed by atoms with E-state index >= 15 is 0 Å². The highest BCUT2D eigenvalue weighted by Crippen LogP contribution is 2.21. The van der Waals surface area contributed by atoms with Gasteiger partial charge in [-0.1, -0.05) is 0 Å². The van der Waals surface area contributed by atoms with Crippen molar-refractivity contribution in [2.45, 2.75) is 26.9 Å². The molecule has 1 aromatic carbocycles. The van der Waals surface area contributed by atoms with Crippen molar-refractivity contribution < 1.29 is 33.3 Å². The van der Waals surface area contributed by atoms with Gasteiger partial charge in [-0.05, 0) is 50.6 Å². The Morgan fingerprint density at radius 2 is 1.64 bits per heavy atom. The van der Waals surface area contributed by atoms with Crippen LogP contribution in [0.15, 0.2) is 24.3 Å². The monoisotopic (exact) mass is 389 g/mol. The van der Waals surface area contributed by atoms with Gasteiger partial charge in [-0.25, -0.2) is 9.59 Å². The molecule has 8 heteroatoms. The van der Waals surface area contributed by atoms with Crippen LogP contribution in [0, 0.1) is 13.8 Å². The molecule has 0 saturated carbocycles. The number of esters is 2. The van der Waals surface area contributed by atoms with E-state index in [1.807, 2.05) is 0 Å². The number of nitrogens with one attached hydrogen (secondary N) is 1. The zero-order chi connectivity index (χ0) is 20.8. The molecule has 0 fully saturated rings. The lowest BCUT2D eigenvalue weighted by molar-refractivity contribution is -0.148. The molecule has 2 rings (SSSR count). The van der Waals surface area contributed by atoms with Crippen molar-refractivity contribution in [1.82, 2.24) is 4.98 Å². The van der Waals surface area contributed by atoms with Crippen LogP contribution in [0.4, 0.5) is 0 Å². The van der Waals surface area contributed by atoms with E-state index < -0.39 is 23.8 Å². The number of Topliss-reactive ketones (excluding diaryl/α,β-unsaturated/α-hetero) is 1. The lowest BCUT2D eigenvalue weighted by Gasteiger charge is -2.13. The summed E-state index contributed by atoms with van der Waals surface area (Å²) in [4.78, 5) is 39.3. The number of aromatic amines is 1. The first-order valence-corrected chi connectivity index (χ1v) is 8.56. The fraction of sp³-hybridized carbons (Fsp3) is 0.350. The maximum absolute atomic E-state index is 12.6. The number of methoxy groups -OCH3 is 2. The summed E-state index contributed by atoms with van der Waals surface area (Å²) in [5, 5.41) is 0. The zero-order valence-corrected chi connectivity index (χ0v) is 16.5. The minimum Gasteiger partial charge on any atom is -0.497 e. The number of rotatable bonds is 8. The van der Waals surface area contributed by atoms with E-state index in [-0.39, 0.29) is 12.3 Å². The fourth-order valence-electron chi connectivity index (χ4n) is 2.71. The van der Waals surface area contributed by atoms with Gasteiger partial charge >= 0.3 is 11.9 Å². The highest BCUT2D eigenvalue weighted by atomic mass is 16.6. The molecular weight excluding hydrogens is 366 g/mol. The second-order valence-electron chi connectivity index (χ2n) is 6.08. The maximum Gasteiger partial charge on any atom is 0.344 e. The Hall–Kier alpha value is -3.29. The molecular formula is C20H23NO7. The molecule has 28 heavy (non-hydrogen) atoms. The standard InChI is InChI=1S/C20H23NO7/c1-11-17(20(24)26-5)12(2)21-18(11)19(23)13(3)28-16(22)10-27-15-8-6-14(25-4)7-9-15/h6-9,13,21H,10H2,1-5H3/t13-/m0/s1. The quantitative estimate of drug-likeness (QED) is 0.547. The first-order valence-electron chi connectivity index (χ1n) is 8.56. The summed E-state index contributed by atoms with van der Waals surface area (Å²) in [6.07, 6.45) is -1.05. The summed E-state index contributed by atoms with van der Waals surface area (Å²) >= 11 is 0. The summed E-state index contributed by atoms with van der Waals surface area (Å²) in [6.45, 7) is 4.40. The highest BCUT2D eigenvalue weighted by Gasteiger charge is 2.27. The molecule has 0 aliphatic heterocycles. The van der Waals surface area contributed by atoms with Gasteiger partial charge in [-0.3, -0.25) is 4.79 Å². The van der Waals surface area contributed by atoms with Gasteiger partial charge in [0.15, 0.2) is 12.7 Å². The van der Waals surface area contributed by atoms with E-state index in [0.717, 1.165) is 0 Å². The molecule has 8 nitrogen and oxygen atoms in total. The van der Waals surface area contributed by atoms with Crippen molar-refractivity contribution in [3.8, 4) is 11.5 Å². The predicted octanol–water partition coefficient (Wildman–Crippen LogP) is 2.62. The third-order valence-corrected chi connectivity index (χ3v) is 4.17. The number of carbonyl (C=O) groups is 3. The van der Waals surface area contributed by atoms with Crippen LogP contribution < -0.4 is 9.47 Å². The van der Waals surface area contributed by atoms with E-state index in [0.29, 0.717) is 28.3 Å². The molecule has 0 spiro atoms. The van der Waals surface area contributed by atoms with Crippen LogP contribution in [0.3, 0.4) is 0 Å². The molecule has 0 bridgehead atoms. The Morgan fingerprint density at radius 3 is 2.21 bits per heavy atom. The number of aromatic nitrogens is 1. The second kappa shape index (κ2) is 9.07. The van der Waals surface area contributed by atoms with Crippen molar-refractivity contribution in [2.75, 3.05) is 20.8 Å². The number of hydrogen-bond donors (Lipinski definition) is 1. The summed E-state index contributed by atoms with van der Waals surface area (Å²) < 4.78 is 20.3. The number of hydrogen-bond acceptors (Lipinski definition) is 7. The molecule has 1 heterocycles. The van der Waals surface area contributed by atoms with Gasteiger partial charge in [0.05, 0.1) is 25.5 Å². The lowest BCUT2D eigenvalue weighted by atomic mass is 10.1. The van der Waals surface area contributed by atoms with Gasteiger partial charge in [0.2, 0.25) is 5.78 Å². The second-order valence-corrected chi connectivity index (χ2v) is 6.08. The third-order valence-electron chi connectivity index (χ3n) is 4.17. The molecule has 2 aromatic rings. The molecule has 1 atom stereocenters. The van der Waals surface area contributed by atoms with Crippen LogP contribution in [0.25, 0.3) is 0 Å². The third kappa shape index (κ3) is 4.70. The molecule has 150 valence electrons. The Kier molecular flexibility index (Phi) is 6.81. The number of H-pyrrole nitrogens is 1. The smallest absolute Gasteiger partial charge is 0.344 e. The molecule has 0 aliphatic rings. The van der Waals surface area contributed by atoms with Gasteiger partial charge in [0.25, 0.3) is 0 Å². The van der Waals surface area contributed by atoms with Gasteiger partial charge in [-0.2, -0.15) is 0 Å². The Balaban J connectivity index is 1.98. The van der Waals surface area contributed by atoms with Crippen molar-refractivity contribution in [3.63, 3.8) is 0 Å². The minimum atomic E-state index is -1.05. The van der Waals surface area contributed by atoms with Crippen LogP contribution in [0.5, 0.6) is 11.5 Å². The number of ether oxygens (including phenoxy) is 4. The van der Waals surface area contributed by atoms with E-state index in [1.54, 1.807) is 45.2 Å². The molecule has 0 radical (unpaired) electrons. The number of ketones is 1. The van der Waals surface area contributed by atoms with Crippen molar-refractivity contribution in [2.24, 2.45) is 0 Å². The summed E-state index contributed by atoms with van der Waals surface area (Å²) in [5.41, 5.74) is 1.46. The lowest BCUT2D eigenvalue weighted by Crippen LogP contribution is -2.28. The molecule has 0 unspecified atom stereocenters. The van der Waals surface area contributed by atoms with Gasteiger partial charge in [0.1, 0.15) is 11.5 Å². The van der Waals surface area contributed by atoms with Crippen LogP contribution in [0.1, 0.15) is 39.0 Å².